The van der Waals surface area contributed by atoms with Crippen LogP contribution in [0.5, 0.6) is 5.75 Å². The van der Waals surface area contributed by atoms with Gasteiger partial charge in [0.2, 0.25) is 0 Å². The average molecular weight is 258 g/mol. The summed E-state index contributed by atoms with van der Waals surface area (Å²) < 4.78 is 5.24. The first kappa shape index (κ1) is 13.8. The van der Waals surface area contributed by atoms with Crippen LogP contribution in [0.3, 0.4) is 0 Å². The van der Waals surface area contributed by atoms with E-state index in [2.05, 4.69) is 47.6 Å². The lowest BCUT2D eigenvalue weighted by molar-refractivity contribution is 0.321. The van der Waals surface area contributed by atoms with E-state index in [1.165, 1.54) is 16.3 Å². The summed E-state index contributed by atoms with van der Waals surface area (Å²) in [7, 11) is 5.80. The summed E-state index contributed by atoms with van der Waals surface area (Å²) in [4.78, 5) is 2.28. The van der Waals surface area contributed by atoms with Crippen molar-refractivity contribution in [3.8, 4) is 5.75 Å². The van der Waals surface area contributed by atoms with Gasteiger partial charge in [0.25, 0.3) is 0 Å². The number of nitrogens with zero attached hydrogens (tertiary/aromatic N) is 1. The zero-order valence-electron chi connectivity index (χ0n) is 11.9. The highest BCUT2D eigenvalue weighted by atomic mass is 16.5. The largest absolute Gasteiger partial charge is 0.497 e. The van der Waals surface area contributed by atoms with E-state index in [-0.39, 0.29) is 0 Å². The van der Waals surface area contributed by atoms with Gasteiger partial charge in [-0.05, 0) is 49.0 Å². The predicted molar refractivity (Wildman–Crippen MR) is 80.8 cm³/mol. The lowest BCUT2D eigenvalue weighted by atomic mass is 10.0. The fourth-order valence-electron chi connectivity index (χ4n) is 2.22. The van der Waals surface area contributed by atoms with E-state index in [1.54, 1.807) is 7.11 Å². The Hall–Kier alpha value is -1.58. The van der Waals surface area contributed by atoms with Crippen LogP contribution < -0.4 is 10.1 Å². The van der Waals surface area contributed by atoms with Gasteiger partial charge in [-0.25, -0.2) is 0 Å². The van der Waals surface area contributed by atoms with Crippen LogP contribution in [0.25, 0.3) is 10.8 Å². The van der Waals surface area contributed by atoms with E-state index >= 15 is 0 Å². The van der Waals surface area contributed by atoms with Crippen LogP contribution in [0.1, 0.15) is 5.56 Å². The predicted octanol–water partition coefficient (Wildman–Crippen LogP) is 2.50. The first-order chi connectivity index (χ1) is 9.22. The molecule has 0 spiro atoms. The molecule has 0 saturated heterocycles. The van der Waals surface area contributed by atoms with Crippen molar-refractivity contribution in [2.45, 2.75) is 6.42 Å². The zero-order chi connectivity index (χ0) is 13.7. The van der Waals surface area contributed by atoms with Gasteiger partial charge in [-0.2, -0.15) is 0 Å². The Bertz CT molecular complexity index is 539. The summed E-state index contributed by atoms with van der Waals surface area (Å²) in [5.74, 6) is 0.911. The SMILES string of the molecule is CNCN(C)CCc1ccc2cc(OC)ccc2c1. The standard InChI is InChI=1S/C16H22N2O/c1-17-12-18(2)9-8-13-4-5-15-11-16(19-3)7-6-14(15)10-13/h4-7,10-11,17H,8-9,12H2,1-3H3. The number of rotatable bonds is 6. The highest BCUT2D eigenvalue weighted by molar-refractivity contribution is 5.84. The third-order valence-corrected chi connectivity index (χ3v) is 3.32. The smallest absolute Gasteiger partial charge is 0.119 e. The minimum Gasteiger partial charge on any atom is -0.497 e. The van der Waals surface area contributed by atoms with E-state index in [1.807, 2.05) is 13.1 Å². The van der Waals surface area contributed by atoms with Crippen LogP contribution in [-0.2, 0) is 6.42 Å². The van der Waals surface area contributed by atoms with Gasteiger partial charge in [-0.1, -0.05) is 24.3 Å². The molecule has 0 aliphatic heterocycles. The Kier molecular flexibility index (Phi) is 4.77. The molecule has 0 atom stereocenters. The molecule has 19 heavy (non-hydrogen) atoms. The molecule has 0 fully saturated rings. The van der Waals surface area contributed by atoms with Crippen molar-refractivity contribution < 1.29 is 4.74 Å². The molecule has 0 saturated carbocycles. The number of methoxy groups -OCH3 is 1. The van der Waals surface area contributed by atoms with Crippen molar-refractivity contribution >= 4 is 10.8 Å². The monoisotopic (exact) mass is 258 g/mol. The van der Waals surface area contributed by atoms with Gasteiger partial charge in [0, 0.05) is 13.2 Å². The molecule has 0 heterocycles. The number of fused-ring (bicyclic) bond motifs is 1. The van der Waals surface area contributed by atoms with Crippen LogP contribution in [0.2, 0.25) is 0 Å². The van der Waals surface area contributed by atoms with Crippen LogP contribution in [0.4, 0.5) is 0 Å². The fourth-order valence-corrected chi connectivity index (χ4v) is 2.22. The summed E-state index contributed by atoms with van der Waals surface area (Å²) in [5, 5.41) is 5.66. The molecule has 0 unspecified atom stereocenters. The summed E-state index contributed by atoms with van der Waals surface area (Å²) in [6.07, 6.45) is 1.07. The number of hydrogen-bond acceptors (Lipinski definition) is 3. The maximum absolute atomic E-state index is 5.24. The van der Waals surface area contributed by atoms with Crippen LogP contribution in [-0.4, -0.2) is 39.3 Å². The van der Waals surface area contributed by atoms with Crippen LogP contribution in [0.15, 0.2) is 36.4 Å². The quantitative estimate of drug-likeness (QED) is 0.806. The number of hydrogen-bond donors (Lipinski definition) is 1. The van der Waals surface area contributed by atoms with Gasteiger partial charge in [-0.3, -0.25) is 4.90 Å². The lowest BCUT2D eigenvalue weighted by Crippen LogP contribution is -2.30. The Morgan fingerprint density at radius 2 is 1.84 bits per heavy atom. The first-order valence-electron chi connectivity index (χ1n) is 6.63. The van der Waals surface area contributed by atoms with Gasteiger partial charge in [0.15, 0.2) is 0 Å². The number of benzene rings is 2. The van der Waals surface area contributed by atoms with Crippen molar-refractivity contribution in [3.05, 3.63) is 42.0 Å². The molecule has 1 N–H and O–H groups in total. The van der Waals surface area contributed by atoms with Crippen molar-refractivity contribution in [3.63, 3.8) is 0 Å². The van der Waals surface area contributed by atoms with Gasteiger partial charge >= 0.3 is 0 Å². The van der Waals surface area contributed by atoms with Crippen molar-refractivity contribution in [2.75, 3.05) is 34.4 Å². The summed E-state index contributed by atoms with van der Waals surface area (Å²) in [6.45, 7) is 1.98. The van der Waals surface area contributed by atoms with E-state index in [9.17, 15) is 0 Å². The molecule has 0 aliphatic rings. The zero-order valence-corrected chi connectivity index (χ0v) is 11.9. The van der Waals surface area contributed by atoms with Crippen LogP contribution in [0, 0.1) is 0 Å². The molecule has 0 aliphatic carbocycles. The van der Waals surface area contributed by atoms with Crippen LogP contribution >= 0.6 is 0 Å². The summed E-state index contributed by atoms with van der Waals surface area (Å²) >= 11 is 0. The molecule has 3 heteroatoms. The summed E-state index contributed by atoms with van der Waals surface area (Å²) in [6, 6.07) is 12.8. The normalized spacial score (nSPS) is 11.2. The molecule has 0 bridgehead atoms. The minimum atomic E-state index is 0.911. The van der Waals surface area contributed by atoms with Gasteiger partial charge < -0.3 is 10.1 Å². The Morgan fingerprint density at radius 3 is 2.58 bits per heavy atom. The maximum Gasteiger partial charge on any atom is 0.119 e. The molecule has 0 radical (unpaired) electrons. The number of likely N-dealkylation sites (N-methyl/N-ethyl adjacent to an activating group) is 1. The molecule has 0 amide bonds. The number of nitrogens with one attached hydrogen (secondary N) is 1. The third-order valence-electron chi connectivity index (χ3n) is 3.32. The van der Waals surface area contributed by atoms with Gasteiger partial charge in [0.1, 0.15) is 5.75 Å². The van der Waals surface area contributed by atoms with Crippen molar-refractivity contribution in [2.24, 2.45) is 0 Å². The van der Waals surface area contributed by atoms with E-state index in [0.29, 0.717) is 0 Å². The van der Waals surface area contributed by atoms with Crippen molar-refractivity contribution in [1.82, 2.24) is 10.2 Å². The van der Waals surface area contributed by atoms with E-state index < -0.39 is 0 Å². The summed E-state index contributed by atoms with van der Waals surface area (Å²) in [5.41, 5.74) is 1.38. The molecule has 3 nitrogen and oxygen atoms in total. The molecule has 102 valence electrons. The van der Waals surface area contributed by atoms with Gasteiger partial charge in [-0.15, -0.1) is 0 Å². The minimum absolute atomic E-state index is 0.911. The second-order valence-electron chi connectivity index (χ2n) is 4.89. The molecular weight excluding hydrogens is 236 g/mol. The Morgan fingerprint density at radius 1 is 1.11 bits per heavy atom. The Labute approximate surface area is 115 Å². The molecular formula is C16H22N2O. The lowest BCUT2D eigenvalue weighted by Gasteiger charge is -2.15. The average Bonchev–Trinajstić information content (AvgIpc) is 2.44. The molecule has 0 aromatic heterocycles. The second kappa shape index (κ2) is 6.55. The number of ether oxygens (including phenoxy) is 1. The maximum atomic E-state index is 5.24. The molecule has 2 aromatic carbocycles. The topological polar surface area (TPSA) is 24.5 Å². The van der Waals surface area contributed by atoms with E-state index in [0.717, 1.165) is 25.4 Å². The first-order valence-corrected chi connectivity index (χ1v) is 6.63. The highest BCUT2D eigenvalue weighted by Gasteiger charge is 2.01. The third kappa shape index (κ3) is 3.69. The fraction of sp³-hybridized carbons (Fsp3) is 0.375. The molecule has 2 rings (SSSR count). The van der Waals surface area contributed by atoms with E-state index in [4.69, 9.17) is 4.74 Å². The highest BCUT2D eigenvalue weighted by Crippen LogP contribution is 2.22. The van der Waals surface area contributed by atoms with Crippen molar-refractivity contribution in [1.29, 1.82) is 0 Å². The van der Waals surface area contributed by atoms with Gasteiger partial charge in [0.05, 0.1) is 7.11 Å². The second-order valence-corrected chi connectivity index (χ2v) is 4.89. The Balaban J connectivity index is 2.09. The molecule has 2 aromatic rings.